The van der Waals surface area contributed by atoms with E-state index in [-0.39, 0.29) is 29.6 Å². The van der Waals surface area contributed by atoms with Gasteiger partial charge in [0, 0.05) is 6.42 Å². The van der Waals surface area contributed by atoms with Crippen LogP contribution in [-0.4, -0.2) is 19.1 Å². The molecule has 182 valence electrons. The van der Waals surface area contributed by atoms with Gasteiger partial charge in [0.15, 0.2) is 0 Å². The molecule has 6 heteroatoms. The first-order valence-electron chi connectivity index (χ1n) is 12.7. The van der Waals surface area contributed by atoms with Crippen molar-refractivity contribution in [3.8, 4) is 0 Å². The summed E-state index contributed by atoms with van der Waals surface area (Å²) < 4.78 is 37.8. The predicted octanol–water partition coefficient (Wildman–Crippen LogP) is 4.11. The zero-order chi connectivity index (χ0) is 23.5. The normalized spacial score (nSPS) is 33.9. The topological polar surface area (TPSA) is 66.4 Å². The van der Waals surface area contributed by atoms with Crippen LogP contribution in [0.2, 0.25) is 0 Å². The first-order chi connectivity index (χ1) is 15.0. The van der Waals surface area contributed by atoms with E-state index in [2.05, 4.69) is 46.4 Å². The van der Waals surface area contributed by atoms with Crippen LogP contribution in [0.25, 0.3) is 0 Å². The van der Waals surface area contributed by atoms with E-state index in [1.165, 1.54) is 44.9 Å². The molecule has 3 fully saturated rings. The SMILES string of the molecule is C=C1CCC(OS(=O)(=O)[O-])C/C1=C/C=C1\CCCC2(C)C1CCC2C(C)CCCC(C)C.[Na+]. The molecule has 0 N–H and O–H groups in total. The summed E-state index contributed by atoms with van der Waals surface area (Å²) in [5.41, 5.74) is 4.01. The van der Waals surface area contributed by atoms with Crippen molar-refractivity contribution in [2.75, 3.05) is 0 Å². The standard InChI is InChI=1S/C27H44O4S.Na/c1-19(2)8-6-9-21(4)25-15-16-26-22(10-7-17-27(25,26)5)12-13-23-18-24(14-11-20(23)3)31-32(28,29)30;/h12-13,19,21,24-26H,3,6-11,14-18H2,1-2,4-5H3,(H,28,29,30);/q;+1/p-1/b22-12+,23-13-;. The van der Waals surface area contributed by atoms with E-state index in [0.29, 0.717) is 30.6 Å². The van der Waals surface area contributed by atoms with Gasteiger partial charge >= 0.3 is 29.6 Å². The molecule has 0 radical (unpaired) electrons. The van der Waals surface area contributed by atoms with Crippen LogP contribution in [-0.2, 0) is 14.6 Å². The maximum Gasteiger partial charge on any atom is 1.00 e. The van der Waals surface area contributed by atoms with Gasteiger partial charge in [0.2, 0.25) is 10.4 Å². The largest absolute Gasteiger partial charge is 1.00 e. The van der Waals surface area contributed by atoms with E-state index in [9.17, 15) is 13.0 Å². The molecule has 3 saturated carbocycles. The molecular weight excluding hydrogens is 443 g/mol. The molecule has 0 amide bonds. The average Bonchev–Trinajstić information content (AvgIpc) is 3.04. The Hall–Kier alpha value is 0.0900. The van der Waals surface area contributed by atoms with Crippen LogP contribution >= 0.6 is 0 Å². The van der Waals surface area contributed by atoms with Gasteiger partial charge < -0.3 is 4.55 Å². The Kier molecular flexibility index (Phi) is 11.0. The third kappa shape index (κ3) is 7.79. The Morgan fingerprint density at radius 3 is 2.55 bits per heavy atom. The molecule has 0 aliphatic heterocycles. The second kappa shape index (κ2) is 12.4. The third-order valence-corrected chi connectivity index (χ3v) is 9.10. The van der Waals surface area contributed by atoms with Crippen molar-refractivity contribution < 1.29 is 46.7 Å². The van der Waals surface area contributed by atoms with E-state index < -0.39 is 16.5 Å². The van der Waals surface area contributed by atoms with Crippen LogP contribution in [0.1, 0.15) is 98.3 Å². The van der Waals surface area contributed by atoms with Crippen LogP contribution in [0.15, 0.2) is 35.5 Å². The summed E-state index contributed by atoms with van der Waals surface area (Å²) in [6, 6.07) is 0. The second-order valence-corrected chi connectivity index (χ2v) is 12.3. The van der Waals surface area contributed by atoms with Crippen LogP contribution in [0.3, 0.4) is 0 Å². The smallest absolute Gasteiger partial charge is 0.726 e. The molecule has 0 aromatic heterocycles. The van der Waals surface area contributed by atoms with Crippen molar-refractivity contribution in [1.82, 2.24) is 0 Å². The summed E-state index contributed by atoms with van der Waals surface area (Å²) in [4.78, 5) is 0. The van der Waals surface area contributed by atoms with Gasteiger partial charge in [0.25, 0.3) is 0 Å². The van der Waals surface area contributed by atoms with Crippen LogP contribution in [0, 0.1) is 29.1 Å². The van der Waals surface area contributed by atoms with Gasteiger partial charge in [-0.1, -0.05) is 76.8 Å². The van der Waals surface area contributed by atoms with Gasteiger partial charge in [-0.3, -0.25) is 4.18 Å². The van der Waals surface area contributed by atoms with Crippen LogP contribution < -0.4 is 29.6 Å². The Bertz CT molecular complexity index is 844. The molecule has 0 saturated heterocycles. The van der Waals surface area contributed by atoms with Gasteiger partial charge in [0.1, 0.15) is 0 Å². The molecular formula is C27H43NaO4S. The number of hydrogen-bond donors (Lipinski definition) is 0. The van der Waals surface area contributed by atoms with E-state index in [4.69, 9.17) is 4.18 Å². The molecule has 0 spiro atoms. The Labute approximate surface area is 225 Å². The van der Waals surface area contributed by atoms with Gasteiger partial charge in [-0.05, 0) is 79.6 Å². The van der Waals surface area contributed by atoms with Gasteiger partial charge in [-0.15, -0.1) is 0 Å². The molecule has 3 aliphatic carbocycles. The average molecular weight is 487 g/mol. The molecule has 4 nitrogen and oxygen atoms in total. The van der Waals surface area contributed by atoms with Gasteiger partial charge in [0.05, 0.1) is 6.10 Å². The fraction of sp³-hybridized carbons (Fsp3) is 0.778. The van der Waals surface area contributed by atoms with Crippen molar-refractivity contribution in [2.24, 2.45) is 29.1 Å². The molecule has 3 rings (SSSR count). The zero-order valence-corrected chi connectivity index (χ0v) is 24.4. The summed E-state index contributed by atoms with van der Waals surface area (Å²) in [6.07, 6.45) is 15.9. The first-order valence-corrected chi connectivity index (χ1v) is 14.0. The molecule has 0 aromatic carbocycles. The van der Waals surface area contributed by atoms with Crippen LogP contribution in [0.5, 0.6) is 0 Å². The van der Waals surface area contributed by atoms with E-state index in [1.807, 2.05) is 0 Å². The summed E-state index contributed by atoms with van der Waals surface area (Å²) in [6.45, 7) is 13.8. The fourth-order valence-electron chi connectivity index (χ4n) is 6.89. The number of fused-ring (bicyclic) bond motifs is 1. The van der Waals surface area contributed by atoms with Gasteiger partial charge in [-0.2, -0.15) is 0 Å². The zero-order valence-electron chi connectivity index (χ0n) is 21.6. The van der Waals surface area contributed by atoms with E-state index >= 15 is 0 Å². The minimum atomic E-state index is -4.67. The van der Waals surface area contributed by atoms with E-state index in [0.717, 1.165) is 35.3 Å². The first kappa shape index (κ1) is 29.3. The Morgan fingerprint density at radius 2 is 1.88 bits per heavy atom. The Morgan fingerprint density at radius 1 is 1.15 bits per heavy atom. The maximum atomic E-state index is 11.0. The number of rotatable bonds is 8. The minimum absolute atomic E-state index is 0. The maximum absolute atomic E-state index is 11.0. The molecule has 3 aliphatic rings. The molecule has 0 bridgehead atoms. The third-order valence-electron chi connectivity index (χ3n) is 8.59. The molecule has 5 atom stereocenters. The van der Waals surface area contributed by atoms with Crippen molar-refractivity contribution >= 4 is 10.4 Å². The van der Waals surface area contributed by atoms with Gasteiger partial charge in [-0.25, -0.2) is 8.42 Å². The molecule has 0 heterocycles. The van der Waals surface area contributed by atoms with E-state index in [1.54, 1.807) is 5.57 Å². The van der Waals surface area contributed by atoms with Crippen LogP contribution in [0.4, 0.5) is 0 Å². The quantitative estimate of drug-likeness (QED) is 0.294. The number of hydrogen-bond acceptors (Lipinski definition) is 4. The van der Waals surface area contributed by atoms with Crippen molar-refractivity contribution in [3.05, 3.63) is 35.5 Å². The summed E-state index contributed by atoms with van der Waals surface area (Å²) >= 11 is 0. The Balaban J connectivity index is 0.00000385. The molecule has 33 heavy (non-hydrogen) atoms. The minimum Gasteiger partial charge on any atom is -0.726 e. The number of allylic oxidation sites excluding steroid dienone is 4. The molecule has 0 aromatic rings. The molecule has 5 unspecified atom stereocenters. The summed E-state index contributed by atoms with van der Waals surface area (Å²) in [5.74, 6) is 3.03. The van der Waals surface area contributed by atoms with Crippen molar-refractivity contribution in [3.63, 3.8) is 0 Å². The fourth-order valence-corrected chi connectivity index (χ4v) is 7.39. The summed E-state index contributed by atoms with van der Waals surface area (Å²) in [5, 5.41) is 0. The predicted molar refractivity (Wildman–Crippen MR) is 130 cm³/mol. The van der Waals surface area contributed by atoms with Crippen molar-refractivity contribution in [2.45, 2.75) is 104 Å². The monoisotopic (exact) mass is 486 g/mol. The summed E-state index contributed by atoms with van der Waals surface area (Å²) in [7, 11) is -4.67. The van der Waals surface area contributed by atoms with Crippen molar-refractivity contribution in [1.29, 1.82) is 0 Å². The second-order valence-electron chi connectivity index (χ2n) is 11.3.